The zero-order valence-corrected chi connectivity index (χ0v) is 35.3. The Morgan fingerprint density at radius 1 is 0.581 bits per heavy atom. The van der Waals surface area contributed by atoms with Gasteiger partial charge in [0.05, 0.1) is 49.9 Å². The Labute approximate surface area is 359 Å². The lowest BCUT2D eigenvalue weighted by Gasteiger charge is -2.35. The topological polar surface area (TPSA) is 152 Å². The molecule has 314 valence electrons. The maximum Gasteiger partial charge on any atom is 0.161 e. The van der Waals surface area contributed by atoms with Gasteiger partial charge in [-0.1, -0.05) is 36.4 Å². The van der Waals surface area contributed by atoms with Gasteiger partial charge in [0.25, 0.3) is 0 Å². The number of hydrogen-bond donors (Lipinski definition) is 2. The smallest absolute Gasteiger partial charge is 0.161 e. The highest BCUT2D eigenvalue weighted by Crippen LogP contribution is 2.41. The molecule has 14 nitrogen and oxygen atoms in total. The number of nitrogens with one attached hydrogen (secondary N) is 2. The SMILES string of the molecule is Cc1cnc(-c2ccn[nH]2)c2nc(N3CCOC[C@H]3C)cc(-c3ccc4c(c3)OCCO4)c12.Cc1cnc(-c2ccn[nH]2)c2nc(N3CCOC[C@H]3C)cc(-c3ccccc3)c12. The first kappa shape index (κ1) is 39.2. The van der Waals surface area contributed by atoms with Gasteiger partial charge in [-0.25, -0.2) is 9.97 Å². The normalized spacial score (nSPS) is 17.5. The molecule has 2 aromatic carbocycles. The van der Waals surface area contributed by atoms with E-state index < -0.39 is 0 Å². The van der Waals surface area contributed by atoms with Gasteiger partial charge in [0, 0.05) is 48.6 Å². The first-order valence-corrected chi connectivity index (χ1v) is 21.2. The van der Waals surface area contributed by atoms with Gasteiger partial charge < -0.3 is 28.7 Å². The number of aromatic nitrogens is 8. The number of fused-ring (bicyclic) bond motifs is 3. The fraction of sp³-hybridized carbons (Fsp3) is 0.292. The minimum atomic E-state index is 0.227. The van der Waals surface area contributed by atoms with Gasteiger partial charge in [-0.2, -0.15) is 10.2 Å². The van der Waals surface area contributed by atoms with E-state index in [1.54, 1.807) is 12.4 Å². The van der Waals surface area contributed by atoms with E-state index in [2.05, 4.69) is 106 Å². The molecule has 14 heteroatoms. The van der Waals surface area contributed by atoms with Gasteiger partial charge in [0.1, 0.15) is 47.3 Å². The molecule has 3 aliphatic heterocycles. The van der Waals surface area contributed by atoms with Gasteiger partial charge in [0.2, 0.25) is 0 Å². The Bertz CT molecular complexity index is 2850. The van der Waals surface area contributed by atoms with Gasteiger partial charge in [-0.3, -0.25) is 20.2 Å². The van der Waals surface area contributed by atoms with E-state index in [4.69, 9.17) is 38.9 Å². The van der Waals surface area contributed by atoms with Crippen LogP contribution in [-0.4, -0.2) is 105 Å². The number of rotatable bonds is 6. The lowest BCUT2D eigenvalue weighted by Crippen LogP contribution is -2.44. The van der Waals surface area contributed by atoms with Crippen molar-refractivity contribution >= 4 is 33.4 Å². The summed E-state index contributed by atoms with van der Waals surface area (Å²) in [5.74, 6) is 3.42. The average molecular weight is 829 g/mol. The molecule has 0 bridgehead atoms. The summed E-state index contributed by atoms with van der Waals surface area (Å²) in [6.45, 7) is 14.0. The van der Waals surface area contributed by atoms with Crippen LogP contribution in [-0.2, 0) is 9.47 Å². The lowest BCUT2D eigenvalue weighted by atomic mass is 9.96. The van der Waals surface area contributed by atoms with Crippen molar-refractivity contribution < 1.29 is 18.9 Å². The molecular formula is C48H48N10O4. The number of H-pyrrole nitrogens is 2. The third kappa shape index (κ3) is 7.45. The van der Waals surface area contributed by atoms with Crippen LogP contribution in [0.3, 0.4) is 0 Å². The fourth-order valence-electron chi connectivity index (χ4n) is 8.66. The van der Waals surface area contributed by atoms with Crippen LogP contribution >= 0.6 is 0 Å². The zero-order chi connectivity index (χ0) is 42.2. The Balaban J connectivity index is 0.000000149. The third-order valence-corrected chi connectivity index (χ3v) is 11.8. The number of anilines is 2. The predicted molar refractivity (Wildman–Crippen MR) is 241 cm³/mol. The molecule has 0 spiro atoms. The summed E-state index contributed by atoms with van der Waals surface area (Å²) < 4.78 is 22.9. The van der Waals surface area contributed by atoms with Crippen LogP contribution in [0.5, 0.6) is 11.5 Å². The molecule has 3 aliphatic rings. The maximum absolute atomic E-state index is 5.88. The van der Waals surface area contributed by atoms with Crippen LogP contribution in [0, 0.1) is 13.8 Å². The van der Waals surface area contributed by atoms with E-state index in [-0.39, 0.29) is 12.1 Å². The van der Waals surface area contributed by atoms with Crippen LogP contribution in [0.2, 0.25) is 0 Å². The van der Waals surface area contributed by atoms with E-state index in [9.17, 15) is 0 Å². The van der Waals surface area contributed by atoms with Crippen molar-refractivity contribution in [1.29, 1.82) is 0 Å². The van der Waals surface area contributed by atoms with Gasteiger partial charge in [-0.15, -0.1) is 0 Å². The summed E-state index contributed by atoms with van der Waals surface area (Å²) in [5.41, 5.74) is 11.7. The van der Waals surface area contributed by atoms with Gasteiger partial charge >= 0.3 is 0 Å². The number of aromatic amines is 2. The molecule has 0 amide bonds. The van der Waals surface area contributed by atoms with Crippen molar-refractivity contribution in [1.82, 2.24) is 40.3 Å². The zero-order valence-electron chi connectivity index (χ0n) is 35.3. The minimum Gasteiger partial charge on any atom is -0.486 e. The fourth-order valence-corrected chi connectivity index (χ4v) is 8.66. The molecule has 0 aliphatic carbocycles. The Hall–Kier alpha value is -6.90. The Morgan fingerprint density at radius 2 is 1.11 bits per heavy atom. The van der Waals surface area contributed by atoms with Crippen molar-refractivity contribution in [3.05, 3.63) is 109 Å². The number of morpholine rings is 2. The molecule has 2 fully saturated rings. The molecule has 2 saturated heterocycles. The minimum absolute atomic E-state index is 0.227. The van der Waals surface area contributed by atoms with E-state index in [1.807, 2.05) is 36.7 Å². The molecule has 11 rings (SSSR count). The summed E-state index contributed by atoms with van der Waals surface area (Å²) in [6.07, 6.45) is 7.30. The molecule has 9 heterocycles. The predicted octanol–water partition coefficient (Wildman–Crippen LogP) is 8.21. The average Bonchev–Trinajstić information content (AvgIpc) is 4.06. The van der Waals surface area contributed by atoms with Gasteiger partial charge in [0.15, 0.2) is 11.5 Å². The van der Waals surface area contributed by atoms with Gasteiger partial charge in [-0.05, 0) is 97.5 Å². The molecule has 0 unspecified atom stereocenters. The van der Waals surface area contributed by atoms with Crippen molar-refractivity contribution in [3.8, 4) is 56.5 Å². The summed E-state index contributed by atoms with van der Waals surface area (Å²) >= 11 is 0. The Kier molecular flexibility index (Phi) is 10.7. The molecule has 2 N–H and O–H groups in total. The number of pyridine rings is 4. The second-order valence-electron chi connectivity index (χ2n) is 16.0. The molecular weight excluding hydrogens is 781 g/mol. The molecule has 0 saturated carbocycles. The van der Waals surface area contributed by atoms with Crippen LogP contribution in [0.15, 0.2) is 97.6 Å². The van der Waals surface area contributed by atoms with E-state index in [1.165, 1.54) is 11.1 Å². The number of hydrogen-bond acceptors (Lipinski definition) is 12. The standard InChI is InChI=1S/C25H25N5O3.C23H23N5O/c1-15-13-26-24(19-5-6-27-29-19)25-23(15)18(12-22(28-25)30-7-8-31-14-16(30)2)17-3-4-20-21(11-17)33-10-9-32-20;1-15-13-24-22(19-8-9-25-27-19)23-21(15)18(17-6-4-3-5-7-17)12-20(26-23)28-10-11-29-14-16(28)2/h3-6,11-13,16H,7-10,14H2,1-2H3,(H,27,29);3-9,12-13,16H,10-11,14H2,1-2H3,(H,25,27)/t2*16-/m11/s1. The summed E-state index contributed by atoms with van der Waals surface area (Å²) in [4.78, 5) is 24.3. The molecule has 8 aromatic rings. The van der Waals surface area contributed by atoms with Crippen molar-refractivity contribution in [3.63, 3.8) is 0 Å². The molecule has 6 aromatic heterocycles. The van der Waals surface area contributed by atoms with Crippen LogP contribution < -0.4 is 19.3 Å². The number of benzene rings is 2. The van der Waals surface area contributed by atoms with Crippen LogP contribution in [0.4, 0.5) is 11.6 Å². The summed E-state index contributed by atoms with van der Waals surface area (Å²) in [7, 11) is 0. The third-order valence-electron chi connectivity index (χ3n) is 11.8. The monoisotopic (exact) mass is 828 g/mol. The van der Waals surface area contributed by atoms with E-state index in [0.29, 0.717) is 39.6 Å². The quantitative estimate of drug-likeness (QED) is 0.166. The first-order valence-electron chi connectivity index (χ1n) is 21.2. The lowest BCUT2D eigenvalue weighted by molar-refractivity contribution is 0.0985. The molecule has 2 atom stereocenters. The summed E-state index contributed by atoms with van der Waals surface area (Å²) in [6, 6.07) is 25.4. The van der Waals surface area contributed by atoms with Crippen LogP contribution in [0.25, 0.3) is 66.8 Å². The van der Waals surface area contributed by atoms with Crippen molar-refractivity contribution in [2.75, 3.05) is 62.5 Å². The first-order chi connectivity index (χ1) is 30.4. The highest BCUT2D eigenvalue weighted by molar-refractivity contribution is 6.04. The van der Waals surface area contributed by atoms with Crippen molar-refractivity contribution in [2.45, 2.75) is 39.8 Å². The maximum atomic E-state index is 5.88. The number of nitrogens with zero attached hydrogens (tertiary/aromatic N) is 8. The largest absolute Gasteiger partial charge is 0.486 e. The second kappa shape index (κ2) is 16.9. The highest BCUT2D eigenvalue weighted by atomic mass is 16.6. The number of ether oxygens (including phenoxy) is 4. The van der Waals surface area contributed by atoms with Crippen LogP contribution in [0.1, 0.15) is 25.0 Å². The van der Waals surface area contributed by atoms with E-state index in [0.717, 1.165) is 103 Å². The highest BCUT2D eigenvalue weighted by Gasteiger charge is 2.26. The van der Waals surface area contributed by atoms with Crippen molar-refractivity contribution in [2.24, 2.45) is 0 Å². The number of aryl methyl sites for hydroxylation is 2. The summed E-state index contributed by atoms with van der Waals surface area (Å²) in [5, 5.41) is 16.5. The Morgan fingerprint density at radius 3 is 1.63 bits per heavy atom. The van der Waals surface area contributed by atoms with E-state index >= 15 is 0 Å². The molecule has 62 heavy (non-hydrogen) atoms. The second-order valence-corrected chi connectivity index (χ2v) is 16.0. The molecule has 0 radical (unpaired) electrons.